The van der Waals surface area contributed by atoms with E-state index < -0.39 is 5.97 Å². The summed E-state index contributed by atoms with van der Waals surface area (Å²) in [5, 5.41) is 12.2. The Morgan fingerprint density at radius 2 is 1.76 bits per heavy atom. The van der Waals surface area contributed by atoms with Crippen molar-refractivity contribution in [2.75, 3.05) is 6.61 Å². The number of carboxylic acids is 1. The number of ether oxygens (including phenoxy) is 1. The zero-order valence-corrected chi connectivity index (χ0v) is 24.0. The minimum absolute atomic E-state index is 0.00768. The molecule has 0 radical (unpaired) electrons. The first-order chi connectivity index (χ1) is 19.8. The summed E-state index contributed by atoms with van der Waals surface area (Å²) < 4.78 is 11.9. The molecule has 1 aromatic heterocycles. The number of carbonyl (C=O) groups excluding carboxylic acids is 1. The van der Waals surface area contributed by atoms with Gasteiger partial charge in [0, 0.05) is 30.5 Å². The number of amides is 1. The summed E-state index contributed by atoms with van der Waals surface area (Å²) in [5.74, 6) is 1.40. The Morgan fingerprint density at radius 1 is 1.00 bits per heavy atom. The molecule has 1 heterocycles. The first-order valence-electron chi connectivity index (χ1n) is 14.2. The number of aryl methyl sites for hydroxylation is 2. The number of aliphatic carboxylic acids is 1. The van der Waals surface area contributed by atoms with Crippen molar-refractivity contribution in [3.8, 4) is 17.2 Å². The molecular weight excluding hydrogens is 516 g/mol. The van der Waals surface area contributed by atoms with Gasteiger partial charge in [0.05, 0.1) is 12.3 Å². The first-order valence-corrected chi connectivity index (χ1v) is 14.2. The van der Waals surface area contributed by atoms with Crippen molar-refractivity contribution >= 4 is 11.9 Å². The molecule has 0 aliphatic heterocycles. The number of carboxylic acid groups (broad SMARTS) is 1. The molecule has 7 nitrogen and oxygen atoms in total. The van der Waals surface area contributed by atoms with E-state index in [1.807, 2.05) is 79.7 Å². The van der Waals surface area contributed by atoms with Crippen LogP contribution in [0.2, 0.25) is 0 Å². The van der Waals surface area contributed by atoms with E-state index in [0.717, 1.165) is 41.0 Å². The average Bonchev–Trinajstić information content (AvgIpc) is 3.36. The van der Waals surface area contributed by atoms with Crippen LogP contribution in [0.15, 0.2) is 77.2 Å². The summed E-state index contributed by atoms with van der Waals surface area (Å²) in [6, 6.07) is 23.1. The number of nitrogens with zero attached hydrogens (tertiary/aromatic N) is 1. The van der Waals surface area contributed by atoms with Crippen molar-refractivity contribution in [2.24, 2.45) is 0 Å². The van der Waals surface area contributed by atoms with Gasteiger partial charge in [-0.3, -0.25) is 9.59 Å². The third-order valence-corrected chi connectivity index (χ3v) is 7.21. The highest BCUT2D eigenvalue weighted by Gasteiger charge is 2.14. The molecule has 41 heavy (non-hydrogen) atoms. The van der Waals surface area contributed by atoms with E-state index >= 15 is 0 Å². The molecule has 4 rings (SSSR count). The number of rotatable bonds is 14. The molecule has 0 fully saturated rings. The summed E-state index contributed by atoms with van der Waals surface area (Å²) in [7, 11) is 0. The summed E-state index contributed by atoms with van der Waals surface area (Å²) in [5.41, 5.74) is 5.27. The molecule has 1 unspecified atom stereocenters. The lowest BCUT2D eigenvalue weighted by atomic mass is 9.95. The molecule has 0 bridgehead atoms. The highest BCUT2D eigenvalue weighted by molar-refractivity contribution is 5.94. The van der Waals surface area contributed by atoms with Crippen LogP contribution in [0.5, 0.6) is 5.75 Å². The largest absolute Gasteiger partial charge is 0.493 e. The Bertz CT molecular complexity index is 1440. The van der Waals surface area contributed by atoms with Crippen LogP contribution in [-0.4, -0.2) is 28.6 Å². The second kappa shape index (κ2) is 14.3. The minimum Gasteiger partial charge on any atom is -0.493 e. The molecule has 4 aromatic rings. The molecule has 0 saturated heterocycles. The van der Waals surface area contributed by atoms with E-state index in [4.69, 9.17) is 9.15 Å². The second-order valence-electron chi connectivity index (χ2n) is 10.3. The molecule has 0 saturated carbocycles. The SMILES string of the molecule is CCCC(C)c1ccc(C(=O)NCc2cc(OCCc3nc(-c4ccccc4)oc3C)ccc2CCC(=O)O)cc1. The van der Waals surface area contributed by atoms with E-state index in [-0.39, 0.29) is 18.9 Å². The van der Waals surface area contributed by atoms with Gasteiger partial charge >= 0.3 is 5.97 Å². The number of nitrogens with one attached hydrogen (secondary N) is 1. The van der Waals surface area contributed by atoms with E-state index in [9.17, 15) is 14.7 Å². The van der Waals surface area contributed by atoms with Crippen molar-refractivity contribution in [3.05, 3.63) is 107 Å². The van der Waals surface area contributed by atoms with Crippen LogP contribution in [0.3, 0.4) is 0 Å². The molecule has 2 N–H and O–H groups in total. The molecule has 0 aliphatic rings. The van der Waals surface area contributed by atoms with Crippen LogP contribution >= 0.6 is 0 Å². The zero-order valence-electron chi connectivity index (χ0n) is 24.0. The van der Waals surface area contributed by atoms with Crippen LogP contribution in [0.1, 0.15) is 77.5 Å². The Labute approximate surface area is 241 Å². The average molecular weight is 555 g/mol. The molecule has 1 amide bonds. The number of aromatic nitrogens is 1. The fourth-order valence-corrected chi connectivity index (χ4v) is 4.81. The Morgan fingerprint density at radius 3 is 2.46 bits per heavy atom. The van der Waals surface area contributed by atoms with Crippen molar-refractivity contribution in [1.29, 1.82) is 0 Å². The summed E-state index contributed by atoms with van der Waals surface area (Å²) >= 11 is 0. The smallest absolute Gasteiger partial charge is 0.303 e. The van der Waals surface area contributed by atoms with Gasteiger partial charge < -0.3 is 19.6 Å². The lowest BCUT2D eigenvalue weighted by Crippen LogP contribution is -2.23. The highest BCUT2D eigenvalue weighted by Crippen LogP contribution is 2.24. The Kier molecular flexibility index (Phi) is 10.3. The maximum Gasteiger partial charge on any atom is 0.303 e. The zero-order chi connectivity index (χ0) is 29.2. The van der Waals surface area contributed by atoms with Gasteiger partial charge in [-0.15, -0.1) is 0 Å². The van der Waals surface area contributed by atoms with Crippen molar-refractivity contribution in [3.63, 3.8) is 0 Å². The fraction of sp³-hybridized carbons (Fsp3) is 0.324. The molecular formula is C34H38N2O5. The minimum atomic E-state index is -0.865. The molecule has 214 valence electrons. The third kappa shape index (κ3) is 8.30. The number of carbonyl (C=O) groups is 2. The summed E-state index contributed by atoms with van der Waals surface area (Å²) in [4.78, 5) is 28.7. The Balaban J connectivity index is 1.40. The van der Waals surface area contributed by atoms with Crippen LogP contribution in [0.25, 0.3) is 11.5 Å². The second-order valence-corrected chi connectivity index (χ2v) is 10.3. The Hall–Kier alpha value is -4.39. The summed E-state index contributed by atoms with van der Waals surface area (Å²) in [6.07, 6.45) is 3.17. The molecule has 3 aromatic carbocycles. The van der Waals surface area contributed by atoms with Gasteiger partial charge in [0.1, 0.15) is 11.5 Å². The van der Waals surface area contributed by atoms with Crippen LogP contribution in [0.4, 0.5) is 0 Å². The topological polar surface area (TPSA) is 102 Å². The standard InChI is InChI=1S/C34H38N2O5/c1-4-8-23(2)25-11-13-27(14-12-25)33(39)35-22-29-21-30(17-15-26(29)16-18-32(37)38)40-20-19-31-24(3)41-34(36-31)28-9-6-5-7-10-28/h5-7,9-15,17,21,23H,4,8,16,18-20,22H2,1-3H3,(H,35,39)(H,37,38). The van der Waals surface area contributed by atoms with E-state index in [1.165, 1.54) is 5.56 Å². The van der Waals surface area contributed by atoms with Gasteiger partial charge in [-0.05, 0) is 78.8 Å². The highest BCUT2D eigenvalue weighted by atomic mass is 16.5. The predicted octanol–water partition coefficient (Wildman–Crippen LogP) is 7.12. The number of hydrogen-bond donors (Lipinski definition) is 2. The molecule has 0 aliphatic carbocycles. The van der Waals surface area contributed by atoms with Gasteiger partial charge in [-0.1, -0.05) is 56.7 Å². The third-order valence-electron chi connectivity index (χ3n) is 7.21. The lowest BCUT2D eigenvalue weighted by Gasteiger charge is -2.14. The number of oxazole rings is 1. The predicted molar refractivity (Wildman–Crippen MR) is 159 cm³/mol. The lowest BCUT2D eigenvalue weighted by molar-refractivity contribution is -0.136. The van der Waals surface area contributed by atoms with E-state index in [0.29, 0.717) is 42.6 Å². The normalized spacial score (nSPS) is 11.7. The van der Waals surface area contributed by atoms with Gasteiger partial charge in [0.25, 0.3) is 5.91 Å². The maximum absolute atomic E-state index is 12.9. The van der Waals surface area contributed by atoms with Gasteiger partial charge in [-0.25, -0.2) is 4.98 Å². The van der Waals surface area contributed by atoms with Crippen molar-refractivity contribution in [2.45, 2.75) is 65.3 Å². The summed E-state index contributed by atoms with van der Waals surface area (Å²) in [6.45, 7) is 6.92. The van der Waals surface area contributed by atoms with Gasteiger partial charge in [0.15, 0.2) is 0 Å². The molecule has 1 atom stereocenters. The monoisotopic (exact) mass is 554 g/mol. The van der Waals surface area contributed by atoms with E-state index in [1.54, 1.807) is 0 Å². The first kappa shape index (κ1) is 29.6. The molecule has 7 heteroatoms. The van der Waals surface area contributed by atoms with Crippen LogP contribution < -0.4 is 10.1 Å². The van der Waals surface area contributed by atoms with Crippen molar-refractivity contribution in [1.82, 2.24) is 10.3 Å². The molecule has 0 spiro atoms. The van der Waals surface area contributed by atoms with Crippen LogP contribution in [0, 0.1) is 6.92 Å². The van der Waals surface area contributed by atoms with Gasteiger partial charge in [0.2, 0.25) is 5.89 Å². The number of benzene rings is 3. The van der Waals surface area contributed by atoms with Gasteiger partial charge in [-0.2, -0.15) is 0 Å². The maximum atomic E-state index is 12.9. The van der Waals surface area contributed by atoms with Crippen LogP contribution in [-0.2, 0) is 24.2 Å². The number of hydrogen-bond acceptors (Lipinski definition) is 5. The van der Waals surface area contributed by atoms with E-state index in [2.05, 4.69) is 24.1 Å². The fourth-order valence-electron chi connectivity index (χ4n) is 4.81. The quantitative estimate of drug-likeness (QED) is 0.172. The van der Waals surface area contributed by atoms with Crippen molar-refractivity contribution < 1.29 is 23.8 Å².